The molecule has 0 bridgehead atoms. The lowest BCUT2D eigenvalue weighted by atomic mass is 9.85. The highest BCUT2D eigenvalue weighted by Crippen LogP contribution is 2.37. The van der Waals surface area contributed by atoms with Crippen LogP contribution in [0.3, 0.4) is 0 Å². The third-order valence-electron chi connectivity index (χ3n) is 3.79. The Morgan fingerprint density at radius 1 is 1.42 bits per heavy atom. The molecule has 2 heteroatoms. The van der Waals surface area contributed by atoms with E-state index in [-0.39, 0.29) is 0 Å². The first-order chi connectivity index (χ1) is 9.11. The summed E-state index contributed by atoms with van der Waals surface area (Å²) in [6, 6.07) is 0.345. The van der Waals surface area contributed by atoms with E-state index in [1.165, 1.54) is 12.0 Å². The van der Waals surface area contributed by atoms with E-state index in [1.807, 2.05) is 27.8 Å². The summed E-state index contributed by atoms with van der Waals surface area (Å²) in [7, 11) is 1.86. The number of nitrogens with zero attached hydrogens (tertiary/aromatic N) is 1. The number of rotatable bonds is 3. The molecule has 2 unspecified atom stereocenters. The van der Waals surface area contributed by atoms with Crippen LogP contribution in [0.2, 0.25) is 0 Å². The minimum absolute atomic E-state index is 0.345. The minimum atomic E-state index is 0.345. The van der Waals surface area contributed by atoms with Crippen LogP contribution in [-0.2, 0) is 0 Å². The fourth-order valence-corrected chi connectivity index (χ4v) is 2.86. The van der Waals surface area contributed by atoms with Crippen molar-refractivity contribution in [2.75, 3.05) is 7.05 Å². The summed E-state index contributed by atoms with van der Waals surface area (Å²) >= 11 is 0. The van der Waals surface area contributed by atoms with Crippen LogP contribution in [0.25, 0.3) is 0 Å². The monoisotopic (exact) mass is 260 g/mol. The molecule has 0 aromatic rings. The van der Waals surface area contributed by atoms with Gasteiger partial charge in [0.05, 0.1) is 0 Å². The van der Waals surface area contributed by atoms with Gasteiger partial charge in [-0.25, -0.2) is 0 Å². The maximum atomic E-state index is 6.10. The molecule has 3 atom stereocenters. The van der Waals surface area contributed by atoms with E-state index in [0.29, 0.717) is 17.9 Å². The van der Waals surface area contributed by atoms with E-state index in [2.05, 4.69) is 29.8 Å². The highest BCUT2D eigenvalue weighted by atomic mass is 14.7. The van der Waals surface area contributed by atoms with Crippen molar-refractivity contribution in [3.05, 3.63) is 36.0 Å². The second-order valence-corrected chi connectivity index (χ2v) is 5.27. The number of nitrogens with two attached hydrogens (primary N) is 1. The van der Waals surface area contributed by atoms with Gasteiger partial charge in [0.2, 0.25) is 0 Å². The largest absolute Gasteiger partial charge is 0.327 e. The fraction of sp³-hybridized carbons (Fsp3) is 0.588. The Morgan fingerprint density at radius 3 is 2.68 bits per heavy atom. The second-order valence-electron chi connectivity index (χ2n) is 5.27. The molecule has 0 aromatic heterocycles. The Bertz CT molecular complexity index is 401. The zero-order chi connectivity index (χ0) is 14.4. The molecule has 0 aromatic carbocycles. The van der Waals surface area contributed by atoms with Gasteiger partial charge >= 0.3 is 0 Å². The number of aliphatic imine (C=N–C) groups is 1. The Labute approximate surface area is 118 Å². The van der Waals surface area contributed by atoms with Gasteiger partial charge in [-0.3, -0.25) is 4.99 Å². The van der Waals surface area contributed by atoms with E-state index in [1.54, 1.807) is 0 Å². The van der Waals surface area contributed by atoms with Crippen molar-refractivity contribution in [3.8, 4) is 0 Å². The highest BCUT2D eigenvalue weighted by molar-refractivity contribution is 6.03. The lowest BCUT2D eigenvalue weighted by Crippen LogP contribution is -2.27. The minimum Gasteiger partial charge on any atom is -0.327 e. The van der Waals surface area contributed by atoms with Gasteiger partial charge in [0.25, 0.3) is 0 Å². The highest BCUT2D eigenvalue weighted by Gasteiger charge is 2.32. The van der Waals surface area contributed by atoms with Gasteiger partial charge in [-0.1, -0.05) is 44.2 Å². The molecule has 0 spiro atoms. The molecule has 2 aliphatic rings. The first kappa shape index (κ1) is 15.9. The predicted molar refractivity (Wildman–Crippen MR) is 85.6 cm³/mol. The maximum absolute atomic E-state index is 6.10. The Balaban J connectivity index is 0.000000861. The molecule has 106 valence electrons. The van der Waals surface area contributed by atoms with Crippen LogP contribution in [0.5, 0.6) is 0 Å². The van der Waals surface area contributed by atoms with Crippen LogP contribution in [0.1, 0.15) is 40.0 Å². The van der Waals surface area contributed by atoms with E-state index in [9.17, 15) is 0 Å². The van der Waals surface area contributed by atoms with E-state index in [4.69, 9.17) is 5.73 Å². The first-order valence-electron chi connectivity index (χ1n) is 7.38. The lowest BCUT2D eigenvalue weighted by Gasteiger charge is -2.22. The Hall–Kier alpha value is -1.15. The van der Waals surface area contributed by atoms with Gasteiger partial charge in [-0.05, 0) is 37.2 Å². The number of hydrogen-bond acceptors (Lipinski definition) is 2. The first-order valence-corrected chi connectivity index (χ1v) is 7.38. The van der Waals surface area contributed by atoms with Crippen molar-refractivity contribution >= 4 is 5.71 Å². The lowest BCUT2D eigenvalue weighted by molar-refractivity contribution is 0.503. The van der Waals surface area contributed by atoms with Crippen molar-refractivity contribution in [1.29, 1.82) is 0 Å². The van der Waals surface area contributed by atoms with E-state index < -0.39 is 0 Å². The zero-order valence-electron chi connectivity index (χ0n) is 12.8. The standard InChI is InChI=1S/C15H22N2.C2H6/c1-10(2)8-15(17-3)12-4-6-13-11(9-12)5-7-14(13)16;1-2/h4,6,9,11,13-14H,1,5,7-8,16H2,2-3H3;1-2H3/t11?,13?,14-;/m0./s1. The van der Waals surface area contributed by atoms with Crippen LogP contribution in [0, 0.1) is 11.8 Å². The van der Waals surface area contributed by atoms with Crippen LogP contribution >= 0.6 is 0 Å². The van der Waals surface area contributed by atoms with Gasteiger partial charge < -0.3 is 5.73 Å². The average Bonchev–Trinajstić information content (AvgIpc) is 2.79. The normalized spacial score (nSPS) is 29.2. The third kappa shape index (κ3) is 3.90. The molecule has 2 aliphatic carbocycles. The molecule has 1 saturated carbocycles. The van der Waals surface area contributed by atoms with Crippen molar-refractivity contribution in [1.82, 2.24) is 0 Å². The molecule has 2 N–H and O–H groups in total. The van der Waals surface area contributed by atoms with Crippen LogP contribution in [-0.4, -0.2) is 18.8 Å². The average molecular weight is 260 g/mol. The fourth-order valence-electron chi connectivity index (χ4n) is 2.86. The molecule has 2 nitrogen and oxygen atoms in total. The third-order valence-corrected chi connectivity index (χ3v) is 3.79. The van der Waals surface area contributed by atoms with Crippen LogP contribution in [0.4, 0.5) is 0 Å². The van der Waals surface area contributed by atoms with E-state index in [0.717, 1.165) is 24.1 Å². The molecule has 0 amide bonds. The number of fused-ring (bicyclic) bond motifs is 1. The Kier molecular flexibility index (Phi) is 6.23. The molecular weight excluding hydrogens is 232 g/mol. The summed E-state index contributed by atoms with van der Waals surface area (Å²) in [5.41, 5.74) is 9.67. The second kappa shape index (κ2) is 7.44. The summed E-state index contributed by atoms with van der Waals surface area (Å²) in [5.74, 6) is 1.16. The molecular formula is C17H28N2. The van der Waals surface area contributed by atoms with Crippen molar-refractivity contribution in [3.63, 3.8) is 0 Å². The zero-order valence-corrected chi connectivity index (χ0v) is 12.8. The van der Waals surface area contributed by atoms with Gasteiger partial charge in [0, 0.05) is 25.2 Å². The molecule has 0 saturated heterocycles. The van der Waals surface area contributed by atoms with Gasteiger partial charge in [0.1, 0.15) is 0 Å². The smallest absolute Gasteiger partial charge is 0.0454 e. The predicted octanol–water partition coefficient (Wildman–Crippen LogP) is 3.90. The molecule has 1 fully saturated rings. The molecule has 0 radical (unpaired) electrons. The molecule has 2 rings (SSSR count). The summed E-state index contributed by atoms with van der Waals surface area (Å²) in [6.45, 7) is 10.0. The quantitative estimate of drug-likeness (QED) is 0.606. The maximum Gasteiger partial charge on any atom is 0.0454 e. The summed E-state index contributed by atoms with van der Waals surface area (Å²) in [5, 5.41) is 0. The Morgan fingerprint density at radius 2 is 2.11 bits per heavy atom. The van der Waals surface area contributed by atoms with E-state index >= 15 is 0 Å². The topological polar surface area (TPSA) is 38.4 Å². The summed E-state index contributed by atoms with van der Waals surface area (Å²) in [4.78, 5) is 4.39. The van der Waals surface area contributed by atoms with Crippen molar-refractivity contribution < 1.29 is 0 Å². The molecule has 0 aliphatic heterocycles. The SMILES string of the molecule is C=C(C)CC(=NC)C1=CC2CC[C@H](N)C2C=C1.CC. The van der Waals surface area contributed by atoms with Gasteiger partial charge in [0.15, 0.2) is 0 Å². The van der Waals surface area contributed by atoms with Gasteiger partial charge in [-0.2, -0.15) is 0 Å². The summed E-state index contributed by atoms with van der Waals surface area (Å²) in [6.07, 6.45) is 10.1. The van der Waals surface area contributed by atoms with Crippen molar-refractivity contribution in [2.24, 2.45) is 22.6 Å². The molecule has 19 heavy (non-hydrogen) atoms. The van der Waals surface area contributed by atoms with Crippen LogP contribution in [0.15, 0.2) is 40.9 Å². The molecule has 0 heterocycles. The van der Waals surface area contributed by atoms with Gasteiger partial charge in [-0.15, -0.1) is 0 Å². The number of allylic oxidation sites excluding steroid dienone is 4. The summed E-state index contributed by atoms with van der Waals surface area (Å²) < 4.78 is 0. The van der Waals surface area contributed by atoms with Crippen LogP contribution < -0.4 is 5.73 Å². The van der Waals surface area contributed by atoms with Crippen molar-refractivity contribution in [2.45, 2.75) is 46.1 Å². The number of hydrogen-bond donors (Lipinski definition) is 1.